The lowest BCUT2D eigenvalue weighted by atomic mass is 9.96. The van der Waals surface area contributed by atoms with Gasteiger partial charge >= 0.3 is 0 Å². The third-order valence-corrected chi connectivity index (χ3v) is 12.6. The van der Waals surface area contributed by atoms with E-state index in [1.807, 2.05) is 53.3 Å². The topological polar surface area (TPSA) is 83.1 Å². The summed E-state index contributed by atoms with van der Waals surface area (Å²) in [5.41, 5.74) is 17.5. The zero-order valence-electron chi connectivity index (χ0n) is 36.3. The number of aryl methyl sites for hydroxylation is 1. The van der Waals surface area contributed by atoms with E-state index in [9.17, 15) is 0 Å². The minimum atomic E-state index is 0.915. The molecule has 10 rings (SSSR count). The summed E-state index contributed by atoms with van der Waals surface area (Å²) in [5.74, 6) is 0. The molecule has 2 aromatic carbocycles. The average molecular weight is 837 g/mol. The number of benzene rings is 2. The lowest BCUT2D eigenvalue weighted by Gasteiger charge is -2.09. The molecule has 316 valence electrons. The molecule has 62 heavy (non-hydrogen) atoms. The van der Waals surface area contributed by atoms with E-state index < -0.39 is 0 Å². The third kappa shape index (κ3) is 12.1. The number of hydrogen-bond acceptors (Lipinski definition) is 5. The van der Waals surface area contributed by atoms with Gasteiger partial charge in [0.2, 0.25) is 0 Å². The van der Waals surface area contributed by atoms with Gasteiger partial charge in [0.15, 0.2) is 0 Å². The third-order valence-electron chi connectivity index (χ3n) is 11.9. The molecule has 2 N–H and O–H groups in total. The van der Waals surface area contributed by atoms with Crippen LogP contribution in [0.2, 0.25) is 0 Å². The van der Waals surface area contributed by atoms with Crippen LogP contribution in [0.5, 0.6) is 0 Å². The molecule has 6 nitrogen and oxygen atoms in total. The highest BCUT2D eigenvalue weighted by Gasteiger charge is 2.19. The molecule has 0 saturated heterocycles. The summed E-state index contributed by atoms with van der Waals surface area (Å²) in [5, 5.41) is 3.98. The molecule has 0 radical (unpaired) electrons. The number of H-pyrrole nitrogens is 2. The SMILES string of the molecule is C1=Cc2cc3ccc(cc4ccc(cc5nc(cc1n2)C=C5)[nH]4)[nH]3.CCCCCCCCCCCCCCCCc1cccc2c1Cc1ccccc1-2.c1cnc2cscc2n1. The first kappa shape index (κ1) is 42.8. The Morgan fingerprint density at radius 3 is 1.53 bits per heavy atom. The number of nitrogens with one attached hydrogen (secondary N) is 2. The zero-order valence-corrected chi connectivity index (χ0v) is 37.1. The van der Waals surface area contributed by atoms with E-state index in [0.717, 1.165) is 62.3 Å². The fourth-order valence-corrected chi connectivity index (χ4v) is 9.30. The molecule has 0 unspecified atom stereocenters. The van der Waals surface area contributed by atoms with E-state index in [4.69, 9.17) is 0 Å². The number of hydrogen-bond donors (Lipinski definition) is 2. The van der Waals surface area contributed by atoms with Gasteiger partial charge in [-0.25, -0.2) is 9.97 Å². The maximum atomic E-state index is 4.62. The predicted octanol–water partition coefficient (Wildman–Crippen LogP) is 15.6. The maximum Gasteiger partial charge on any atom is 0.0993 e. The minimum Gasteiger partial charge on any atom is -0.355 e. The van der Waals surface area contributed by atoms with Gasteiger partial charge in [0.25, 0.3) is 0 Å². The number of aromatic amines is 2. The van der Waals surface area contributed by atoms with Crippen molar-refractivity contribution in [2.45, 2.75) is 110 Å². The molecule has 7 heteroatoms. The normalized spacial score (nSPS) is 12.1. The van der Waals surface area contributed by atoms with Gasteiger partial charge in [-0.1, -0.05) is 133 Å². The number of unbranched alkanes of at least 4 members (excludes halogenated alkanes) is 13. The highest BCUT2D eigenvalue weighted by molar-refractivity contribution is 7.09. The van der Waals surface area contributed by atoms with Gasteiger partial charge in [-0.3, -0.25) is 9.97 Å². The minimum absolute atomic E-state index is 0.915. The van der Waals surface area contributed by atoms with Gasteiger partial charge in [-0.2, -0.15) is 0 Å². The highest BCUT2D eigenvalue weighted by atomic mass is 32.1. The van der Waals surface area contributed by atoms with E-state index >= 15 is 0 Å². The molecule has 1 aliphatic carbocycles. The fraction of sp³-hybridized carbons (Fsp3) is 0.309. The number of thiophene rings is 1. The van der Waals surface area contributed by atoms with Gasteiger partial charge < -0.3 is 9.97 Å². The van der Waals surface area contributed by atoms with Crippen molar-refractivity contribution >= 4 is 68.7 Å². The van der Waals surface area contributed by atoms with Crippen LogP contribution in [0.25, 0.3) is 68.5 Å². The van der Waals surface area contributed by atoms with Crippen LogP contribution >= 0.6 is 11.3 Å². The van der Waals surface area contributed by atoms with Gasteiger partial charge in [-0.05, 0) is 120 Å². The average Bonchev–Trinajstić information content (AvgIpc) is 4.17. The Hall–Kier alpha value is -5.92. The van der Waals surface area contributed by atoms with Crippen molar-refractivity contribution in [1.29, 1.82) is 0 Å². The van der Waals surface area contributed by atoms with Crippen LogP contribution in [0.15, 0.2) is 114 Å². The van der Waals surface area contributed by atoms with Gasteiger partial charge in [0.05, 0.1) is 33.8 Å². The molecular formula is C55H60N6S. The smallest absolute Gasteiger partial charge is 0.0993 e. The summed E-state index contributed by atoms with van der Waals surface area (Å²) >= 11 is 1.63. The second-order valence-electron chi connectivity index (χ2n) is 16.7. The summed E-state index contributed by atoms with van der Waals surface area (Å²) in [6.45, 7) is 2.30. The van der Waals surface area contributed by atoms with Crippen LogP contribution in [0.3, 0.4) is 0 Å². The van der Waals surface area contributed by atoms with Crippen molar-refractivity contribution in [3.05, 3.63) is 154 Å². The van der Waals surface area contributed by atoms with Gasteiger partial charge in [-0.15, -0.1) is 11.3 Å². The molecule has 0 amide bonds. The first-order valence-electron chi connectivity index (χ1n) is 23.0. The standard InChI is InChI=1S/C29H42.C20H14N4.C6H4N2S/c1-2-3-4-5-6-7-8-9-10-11-12-13-14-15-19-25-21-18-23-28-27-22-17-16-20-26(27)24-29(25)28;1-2-14-10-16-5-6-18(23-16)12-20-8-7-19(24-20)11-17-4-3-15(22-17)9-13(1)21-14;1-2-8-6-4-9-3-5(6)7-1/h16-18,20-23H,2-15,19,24H2,1H3;1-12,21-22H;1-4H. The van der Waals surface area contributed by atoms with Crippen LogP contribution in [-0.4, -0.2) is 29.9 Å². The molecule has 8 bridgehead atoms. The Morgan fingerprint density at radius 1 is 0.484 bits per heavy atom. The summed E-state index contributed by atoms with van der Waals surface area (Å²) in [4.78, 5) is 24.2. The molecule has 0 spiro atoms. The van der Waals surface area contributed by atoms with Crippen LogP contribution in [-0.2, 0) is 12.8 Å². The van der Waals surface area contributed by atoms with Crippen LogP contribution in [0.1, 0.15) is 136 Å². The summed E-state index contributed by atoms with van der Waals surface area (Å²) in [7, 11) is 0. The van der Waals surface area contributed by atoms with Crippen molar-refractivity contribution < 1.29 is 0 Å². The molecule has 0 saturated carbocycles. The second-order valence-corrected chi connectivity index (χ2v) is 17.5. The molecular weight excluding hydrogens is 777 g/mol. The number of aromatic nitrogens is 6. The first-order chi connectivity index (χ1) is 30.7. The van der Waals surface area contributed by atoms with Crippen LogP contribution < -0.4 is 0 Å². The van der Waals surface area contributed by atoms with Crippen molar-refractivity contribution in [1.82, 2.24) is 29.9 Å². The maximum absolute atomic E-state index is 4.62. The van der Waals surface area contributed by atoms with Crippen molar-refractivity contribution in [2.75, 3.05) is 0 Å². The first-order valence-corrected chi connectivity index (χ1v) is 24.0. The van der Waals surface area contributed by atoms with Gasteiger partial charge in [0.1, 0.15) is 0 Å². The second kappa shape index (κ2) is 22.3. The Bertz CT molecular complexity index is 2630. The monoisotopic (exact) mass is 836 g/mol. The van der Waals surface area contributed by atoms with E-state index in [1.54, 1.807) is 34.9 Å². The van der Waals surface area contributed by atoms with Crippen molar-refractivity contribution in [2.24, 2.45) is 0 Å². The Labute approximate surface area is 371 Å². The lowest BCUT2D eigenvalue weighted by molar-refractivity contribution is 0.535. The van der Waals surface area contributed by atoms with Crippen molar-refractivity contribution in [3.63, 3.8) is 0 Å². The van der Waals surface area contributed by atoms with E-state index in [-0.39, 0.29) is 0 Å². The summed E-state index contributed by atoms with van der Waals surface area (Å²) in [6.07, 6.45) is 33.9. The Morgan fingerprint density at radius 2 is 0.968 bits per heavy atom. The number of nitrogens with zero attached hydrogens (tertiary/aromatic N) is 4. The molecule has 0 atom stereocenters. The van der Waals surface area contributed by atoms with Crippen molar-refractivity contribution in [3.8, 4) is 11.1 Å². The molecule has 7 aromatic rings. The molecule has 0 fully saturated rings. The van der Waals surface area contributed by atoms with E-state index in [0.29, 0.717) is 0 Å². The highest BCUT2D eigenvalue weighted by Crippen LogP contribution is 2.38. The van der Waals surface area contributed by atoms with E-state index in [1.165, 1.54) is 113 Å². The fourth-order valence-electron chi connectivity index (χ4n) is 8.62. The summed E-state index contributed by atoms with van der Waals surface area (Å²) in [6, 6.07) is 32.3. The molecule has 3 aliphatic rings. The molecule has 7 heterocycles. The largest absolute Gasteiger partial charge is 0.355 e. The number of fused-ring (bicyclic) bond motifs is 12. The Balaban J connectivity index is 0.000000143. The van der Waals surface area contributed by atoms with Crippen LogP contribution in [0.4, 0.5) is 0 Å². The predicted molar refractivity (Wildman–Crippen MR) is 265 cm³/mol. The summed E-state index contributed by atoms with van der Waals surface area (Å²) < 4.78 is 0. The Kier molecular flexibility index (Phi) is 15.3. The molecule has 5 aromatic heterocycles. The van der Waals surface area contributed by atoms with Crippen LogP contribution in [0, 0.1) is 0 Å². The molecule has 2 aliphatic heterocycles. The zero-order chi connectivity index (χ0) is 42.2. The quantitative estimate of drug-likeness (QED) is 0.101. The van der Waals surface area contributed by atoms with E-state index in [2.05, 4.69) is 110 Å². The lowest BCUT2D eigenvalue weighted by Crippen LogP contribution is -1.93. The van der Waals surface area contributed by atoms with Gasteiger partial charge in [0, 0.05) is 45.2 Å². The number of rotatable bonds is 15.